The average Bonchev–Trinajstić information content (AvgIpc) is 3.40. The van der Waals surface area contributed by atoms with Gasteiger partial charge in [-0.15, -0.1) is 17.7 Å². The molecule has 1 saturated heterocycles. The zero-order chi connectivity index (χ0) is 24.8. The van der Waals surface area contributed by atoms with Gasteiger partial charge >= 0.3 is 0 Å². The molecule has 3 aromatic heterocycles. The topological polar surface area (TPSA) is 51.8 Å². The number of piperidine rings is 1. The van der Waals surface area contributed by atoms with E-state index in [1.54, 1.807) is 45.8 Å². The Labute approximate surface area is 217 Å². The second-order valence-electron chi connectivity index (χ2n) is 9.32. The first-order chi connectivity index (χ1) is 16.6. The van der Waals surface area contributed by atoms with E-state index in [9.17, 15) is 13.2 Å². The van der Waals surface area contributed by atoms with E-state index < -0.39 is 17.3 Å². The Morgan fingerprint density at radius 1 is 1.19 bits per heavy atom. The van der Waals surface area contributed by atoms with Crippen LogP contribution in [0.4, 0.5) is 13.2 Å². The Hall–Kier alpha value is -3.13. The van der Waals surface area contributed by atoms with Crippen molar-refractivity contribution in [2.24, 2.45) is 7.05 Å². The van der Waals surface area contributed by atoms with Crippen LogP contribution in [0.2, 0.25) is 0 Å². The van der Waals surface area contributed by atoms with Crippen LogP contribution in [0.15, 0.2) is 42.7 Å². The summed E-state index contributed by atoms with van der Waals surface area (Å²) in [7, 11) is 1.80. The van der Waals surface area contributed by atoms with Gasteiger partial charge in [-0.2, -0.15) is 22.3 Å². The third-order valence-electron chi connectivity index (χ3n) is 6.20. The number of hydrogen-bond donors (Lipinski definition) is 0. The summed E-state index contributed by atoms with van der Waals surface area (Å²) in [4.78, 5) is 6.47. The van der Waals surface area contributed by atoms with Gasteiger partial charge in [-0.25, -0.2) is 22.8 Å². The molecule has 1 aliphatic rings. The zero-order valence-electron chi connectivity index (χ0n) is 20.0. The monoisotopic (exact) mass is 536 g/mol. The molecule has 0 amide bonds. The van der Waals surface area contributed by atoms with Gasteiger partial charge in [0.1, 0.15) is 11.4 Å². The molecule has 4 heterocycles. The minimum Gasteiger partial charge on any atom is -0.282 e. The summed E-state index contributed by atoms with van der Waals surface area (Å²) in [5.74, 6) is 3.10. The van der Waals surface area contributed by atoms with E-state index in [1.165, 1.54) is 12.1 Å². The Morgan fingerprint density at radius 3 is 2.69 bits per heavy atom. The third kappa shape index (κ3) is 5.19. The quantitative estimate of drug-likeness (QED) is 0.283. The number of fused-ring (bicyclic) bond motifs is 1. The summed E-state index contributed by atoms with van der Waals surface area (Å²) in [5, 5.41) is 9.61. The van der Waals surface area contributed by atoms with Gasteiger partial charge < -0.3 is 0 Å². The van der Waals surface area contributed by atoms with E-state index in [4.69, 9.17) is 4.98 Å². The zero-order valence-corrected chi connectivity index (χ0v) is 21.1. The van der Waals surface area contributed by atoms with E-state index in [2.05, 4.69) is 28.1 Å². The van der Waals surface area contributed by atoms with Crippen LogP contribution in [0, 0.1) is 23.7 Å². The minimum absolute atomic E-state index is 0. The van der Waals surface area contributed by atoms with Crippen molar-refractivity contribution in [3.63, 3.8) is 0 Å². The van der Waals surface area contributed by atoms with Crippen LogP contribution in [0.25, 0.3) is 28.0 Å². The minimum atomic E-state index is -2.71. The third-order valence-corrected chi connectivity index (χ3v) is 6.20. The molecule has 1 fully saturated rings. The van der Waals surface area contributed by atoms with Crippen molar-refractivity contribution in [1.82, 2.24) is 29.4 Å². The Morgan fingerprint density at radius 2 is 2.00 bits per heavy atom. The van der Waals surface area contributed by atoms with Gasteiger partial charge in [0.25, 0.3) is 5.92 Å². The fourth-order valence-electron chi connectivity index (χ4n) is 4.28. The molecule has 0 saturated carbocycles. The maximum atomic E-state index is 14.0. The number of aromatic nitrogens is 5. The van der Waals surface area contributed by atoms with Gasteiger partial charge in [-0.05, 0) is 38.3 Å². The molecule has 5 rings (SSSR count). The molecular weight excluding hydrogens is 512 g/mol. The van der Waals surface area contributed by atoms with Crippen molar-refractivity contribution in [2.75, 3.05) is 13.1 Å². The van der Waals surface area contributed by atoms with E-state index in [1.807, 2.05) is 19.9 Å². The number of hydrogen-bond acceptors (Lipinski definition) is 4. The van der Waals surface area contributed by atoms with Gasteiger partial charge in [0, 0.05) is 48.3 Å². The van der Waals surface area contributed by atoms with Crippen molar-refractivity contribution in [3.05, 3.63) is 60.3 Å². The van der Waals surface area contributed by atoms with Crippen molar-refractivity contribution >= 4 is 11.0 Å². The standard InChI is InChI=1S/C26H24F3N6.Co/c1-25(2,34-13-5-11-26(28,29)17-34)12-10-23-21-8-9-22(18-6-4-7-19(27)14-18)31-24(21)35(32-23)20-15-30-33(3)16-20;/h4,6,8-9,14-16H,5,11,13,17H2,1-3H3;/q-1;. The number of halogens is 3. The first-order valence-corrected chi connectivity index (χ1v) is 11.3. The number of benzene rings is 1. The molecule has 0 spiro atoms. The van der Waals surface area contributed by atoms with Crippen LogP contribution < -0.4 is 0 Å². The first-order valence-electron chi connectivity index (χ1n) is 11.3. The molecule has 36 heavy (non-hydrogen) atoms. The van der Waals surface area contributed by atoms with Crippen LogP contribution in [0.5, 0.6) is 0 Å². The van der Waals surface area contributed by atoms with E-state index >= 15 is 0 Å². The maximum absolute atomic E-state index is 14.0. The molecule has 1 aromatic carbocycles. The number of aryl methyl sites for hydroxylation is 1. The Kier molecular flexibility index (Phi) is 7.01. The largest absolute Gasteiger partial charge is 0.282 e. The molecule has 0 unspecified atom stereocenters. The smallest absolute Gasteiger partial charge is 0.260 e. The summed E-state index contributed by atoms with van der Waals surface area (Å²) in [6, 6.07) is 10.7. The summed E-state index contributed by atoms with van der Waals surface area (Å²) in [6.07, 6.45) is 3.80. The Balaban J connectivity index is 0.00000304. The normalized spacial score (nSPS) is 15.8. The summed E-state index contributed by atoms with van der Waals surface area (Å²) < 4.78 is 45.1. The van der Waals surface area contributed by atoms with Gasteiger partial charge in [0.15, 0.2) is 5.65 Å². The van der Waals surface area contributed by atoms with Gasteiger partial charge in [0.2, 0.25) is 0 Å². The van der Waals surface area contributed by atoms with Crippen LogP contribution in [0.1, 0.15) is 32.4 Å². The predicted molar refractivity (Wildman–Crippen MR) is 127 cm³/mol. The molecule has 6 nitrogen and oxygen atoms in total. The van der Waals surface area contributed by atoms with Gasteiger partial charge in [-0.3, -0.25) is 9.58 Å². The molecule has 0 atom stereocenters. The van der Waals surface area contributed by atoms with Crippen LogP contribution >= 0.6 is 0 Å². The number of pyridine rings is 1. The molecule has 0 N–H and O–H groups in total. The fourth-order valence-corrected chi connectivity index (χ4v) is 4.28. The number of likely N-dealkylation sites (tertiary alicyclic amines) is 1. The molecule has 1 radical (unpaired) electrons. The summed E-state index contributed by atoms with van der Waals surface area (Å²) >= 11 is 0. The molecule has 1 aliphatic heterocycles. The second kappa shape index (κ2) is 9.73. The summed E-state index contributed by atoms with van der Waals surface area (Å²) in [5.41, 5.74) is 2.13. The molecule has 0 bridgehead atoms. The fraction of sp³-hybridized carbons (Fsp3) is 0.346. The van der Waals surface area contributed by atoms with Crippen molar-refractivity contribution in [3.8, 4) is 28.8 Å². The first kappa shape index (κ1) is 25.9. The molecule has 4 aromatic rings. The average molecular weight is 536 g/mol. The molecular formula is C26H24CoF3N6-. The van der Waals surface area contributed by atoms with Crippen molar-refractivity contribution in [2.45, 2.75) is 38.2 Å². The van der Waals surface area contributed by atoms with Crippen molar-refractivity contribution < 1.29 is 30.0 Å². The van der Waals surface area contributed by atoms with E-state index in [-0.39, 0.29) is 29.7 Å². The predicted octanol–water partition coefficient (Wildman–Crippen LogP) is 4.62. The summed E-state index contributed by atoms with van der Waals surface area (Å²) in [6.45, 7) is 3.95. The number of rotatable bonds is 3. The van der Waals surface area contributed by atoms with E-state index in [0.717, 1.165) is 0 Å². The van der Waals surface area contributed by atoms with Crippen LogP contribution in [0.3, 0.4) is 0 Å². The number of nitrogens with zero attached hydrogens (tertiary/aromatic N) is 6. The van der Waals surface area contributed by atoms with Gasteiger partial charge in [0.05, 0.1) is 29.9 Å². The number of alkyl halides is 2. The second-order valence-corrected chi connectivity index (χ2v) is 9.32. The molecule has 10 heteroatoms. The van der Waals surface area contributed by atoms with Crippen molar-refractivity contribution in [1.29, 1.82) is 0 Å². The Bertz CT molecular complexity index is 1460. The SMILES string of the molecule is Cn1cc(-n2nc(C#CC(C)(C)N3CCCC(F)(F)C3)c3ccc(-c4cc[c-]c(F)c4)nc32)cn1.[Co]. The van der Waals surface area contributed by atoms with Crippen LogP contribution in [-0.4, -0.2) is 54.0 Å². The molecule has 189 valence electrons. The van der Waals surface area contributed by atoms with Gasteiger partial charge in [-0.1, -0.05) is 5.92 Å². The van der Waals surface area contributed by atoms with E-state index in [0.29, 0.717) is 46.6 Å². The molecule has 0 aliphatic carbocycles. The maximum Gasteiger partial charge on any atom is 0.260 e. The van der Waals surface area contributed by atoms with Crippen LogP contribution in [-0.2, 0) is 23.8 Å².